The molecule has 0 saturated carbocycles. The standard InChI is InChI=1S/C17H18N2O2/c1-11-7-8-16(20)15(10-11)19-17(21)13-4-2-6-14-12(13)5-3-9-18-14/h2,4,6-8,10,18,20H,3,5,9H2,1H3,(H,19,21). The van der Waals surface area contributed by atoms with Crippen LogP contribution in [0.25, 0.3) is 0 Å². The molecule has 0 radical (unpaired) electrons. The molecule has 2 aromatic carbocycles. The Hall–Kier alpha value is -2.49. The van der Waals surface area contributed by atoms with E-state index in [1.807, 2.05) is 25.1 Å². The maximum absolute atomic E-state index is 12.5. The van der Waals surface area contributed by atoms with E-state index in [2.05, 4.69) is 10.6 Å². The molecule has 3 N–H and O–H groups in total. The highest BCUT2D eigenvalue weighted by Gasteiger charge is 2.18. The van der Waals surface area contributed by atoms with E-state index in [9.17, 15) is 9.90 Å². The molecule has 3 rings (SSSR count). The summed E-state index contributed by atoms with van der Waals surface area (Å²) in [6.45, 7) is 2.86. The molecule has 1 aliphatic rings. The van der Waals surface area contributed by atoms with E-state index in [0.717, 1.165) is 36.2 Å². The first-order valence-corrected chi connectivity index (χ1v) is 7.12. The van der Waals surface area contributed by atoms with E-state index in [0.29, 0.717) is 11.3 Å². The first kappa shape index (κ1) is 13.5. The zero-order valence-electron chi connectivity index (χ0n) is 11.9. The number of carbonyl (C=O) groups excluding carboxylic acids is 1. The zero-order chi connectivity index (χ0) is 14.8. The van der Waals surface area contributed by atoms with E-state index < -0.39 is 0 Å². The molecular weight excluding hydrogens is 264 g/mol. The predicted octanol–water partition coefficient (Wildman–Crippen LogP) is 3.31. The number of nitrogens with one attached hydrogen (secondary N) is 2. The highest BCUT2D eigenvalue weighted by Crippen LogP contribution is 2.28. The lowest BCUT2D eigenvalue weighted by atomic mass is 9.97. The molecule has 0 bridgehead atoms. The second-order valence-corrected chi connectivity index (χ2v) is 5.34. The van der Waals surface area contributed by atoms with Gasteiger partial charge in [-0.2, -0.15) is 0 Å². The van der Waals surface area contributed by atoms with Crippen molar-refractivity contribution in [1.29, 1.82) is 0 Å². The second-order valence-electron chi connectivity index (χ2n) is 5.34. The van der Waals surface area contributed by atoms with Crippen LogP contribution in [0.4, 0.5) is 11.4 Å². The molecule has 0 atom stereocenters. The Labute approximate surface area is 123 Å². The molecule has 0 spiro atoms. The third-order valence-corrected chi connectivity index (χ3v) is 3.74. The van der Waals surface area contributed by atoms with Crippen LogP contribution in [0.3, 0.4) is 0 Å². The van der Waals surface area contributed by atoms with Crippen LogP contribution in [0, 0.1) is 6.92 Å². The van der Waals surface area contributed by atoms with Crippen molar-refractivity contribution in [2.75, 3.05) is 17.2 Å². The average Bonchev–Trinajstić information content (AvgIpc) is 2.50. The summed E-state index contributed by atoms with van der Waals surface area (Å²) < 4.78 is 0. The number of anilines is 2. The van der Waals surface area contributed by atoms with Crippen molar-refractivity contribution in [2.24, 2.45) is 0 Å². The van der Waals surface area contributed by atoms with Gasteiger partial charge >= 0.3 is 0 Å². The SMILES string of the molecule is Cc1ccc(O)c(NC(=O)c2cccc3c2CCCN3)c1. The fourth-order valence-electron chi connectivity index (χ4n) is 2.66. The van der Waals surface area contributed by atoms with Gasteiger partial charge in [0.15, 0.2) is 0 Å². The molecule has 0 aromatic heterocycles. The molecule has 1 amide bonds. The maximum atomic E-state index is 12.5. The second kappa shape index (κ2) is 5.48. The molecule has 0 saturated heterocycles. The van der Waals surface area contributed by atoms with Gasteiger partial charge in [-0.1, -0.05) is 12.1 Å². The van der Waals surface area contributed by atoms with Crippen LogP contribution < -0.4 is 10.6 Å². The minimum atomic E-state index is -0.184. The van der Waals surface area contributed by atoms with Gasteiger partial charge in [0.1, 0.15) is 5.75 Å². The third kappa shape index (κ3) is 2.70. The predicted molar refractivity (Wildman–Crippen MR) is 84.0 cm³/mol. The lowest BCUT2D eigenvalue weighted by Crippen LogP contribution is -2.19. The van der Waals surface area contributed by atoms with E-state index in [1.165, 1.54) is 0 Å². The van der Waals surface area contributed by atoms with Crippen molar-refractivity contribution in [3.8, 4) is 5.75 Å². The molecule has 0 aliphatic carbocycles. The Bertz CT molecular complexity index is 695. The summed E-state index contributed by atoms with van der Waals surface area (Å²) in [5.74, 6) is -0.103. The number of hydrogen-bond acceptors (Lipinski definition) is 3. The number of phenolic OH excluding ortho intramolecular Hbond substituents is 1. The van der Waals surface area contributed by atoms with Crippen molar-refractivity contribution < 1.29 is 9.90 Å². The molecule has 4 heteroatoms. The fraction of sp³-hybridized carbons (Fsp3) is 0.235. The van der Waals surface area contributed by atoms with Gasteiger partial charge in [0.2, 0.25) is 0 Å². The van der Waals surface area contributed by atoms with Crippen molar-refractivity contribution in [3.63, 3.8) is 0 Å². The Morgan fingerprint density at radius 1 is 1.29 bits per heavy atom. The normalized spacial score (nSPS) is 13.2. The van der Waals surface area contributed by atoms with Crippen molar-refractivity contribution >= 4 is 17.3 Å². The largest absolute Gasteiger partial charge is 0.506 e. The van der Waals surface area contributed by atoms with Gasteiger partial charge in [-0.25, -0.2) is 0 Å². The number of carbonyl (C=O) groups is 1. The average molecular weight is 282 g/mol. The van der Waals surface area contributed by atoms with Gasteiger partial charge in [0, 0.05) is 17.8 Å². The monoisotopic (exact) mass is 282 g/mol. The molecule has 1 aliphatic heterocycles. The Morgan fingerprint density at radius 2 is 2.14 bits per heavy atom. The van der Waals surface area contributed by atoms with Crippen LogP contribution in [0.1, 0.15) is 27.9 Å². The highest BCUT2D eigenvalue weighted by atomic mass is 16.3. The smallest absolute Gasteiger partial charge is 0.256 e. The number of aromatic hydroxyl groups is 1. The number of benzene rings is 2. The minimum Gasteiger partial charge on any atom is -0.506 e. The van der Waals surface area contributed by atoms with E-state index in [1.54, 1.807) is 18.2 Å². The summed E-state index contributed by atoms with van der Waals surface area (Å²) in [4.78, 5) is 12.5. The highest BCUT2D eigenvalue weighted by molar-refractivity contribution is 6.07. The van der Waals surface area contributed by atoms with E-state index in [-0.39, 0.29) is 11.7 Å². The summed E-state index contributed by atoms with van der Waals surface area (Å²) >= 11 is 0. The van der Waals surface area contributed by atoms with Crippen LogP contribution in [0.2, 0.25) is 0 Å². The first-order valence-electron chi connectivity index (χ1n) is 7.12. The van der Waals surface area contributed by atoms with Crippen LogP contribution in [-0.4, -0.2) is 17.6 Å². The molecule has 21 heavy (non-hydrogen) atoms. The number of hydrogen-bond donors (Lipinski definition) is 3. The fourth-order valence-corrected chi connectivity index (χ4v) is 2.66. The molecule has 2 aromatic rings. The van der Waals surface area contributed by atoms with Gasteiger partial charge in [-0.15, -0.1) is 0 Å². The summed E-state index contributed by atoms with van der Waals surface area (Å²) in [6.07, 6.45) is 1.92. The van der Waals surface area contributed by atoms with Gasteiger partial charge in [0.05, 0.1) is 5.69 Å². The Balaban J connectivity index is 1.91. The van der Waals surface area contributed by atoms with Gasteiger partial charge in [-0.3, -0.25) is 4.79 Å². The van der Waals surface area contributed by atoms with Crippen LogP contribution in [0.15, 0.2) is 36.4 Å². The molecule has 108 valence electrons. The van der Waals surface area contributed by atoms with Gasteiger partial charge < -0.3 is 15.7 Å². The molecule has 0 unspecified atom stereocenters. The molecular formula is C17H18N2O2. The van der Waals surface area contributed by atoms with E-state index in [4.69, 9.17) is 0 Å². The molecule has 4 nitrogen and oxygen atoms in total. The summed E-state index contributed by atoms with van der Waals surface area (Å²) in [7, 11) is 0. The van der Waals surface area contributed by atoms with Crippen LogP contribution in [-0.2, 0) is 6.42 Å². The van der Waals surface area contributed by atoms with Crippen molar-refractivity contribution in [1.82, 2.24) is 0 Å². The van der Waals surface area contributed by atoms with Crippen LogP contribution >= 0.6 is 0 Å². The maximum Gasteiger partial charge on any atom is 0.256 e. The lowest BCUT2D eigenvalue weighted by molar-refractivity contribution is 0.102. The zero-order valence-corrected chi connectivity index (χ0v) is 11.9. The Kier molecular flexibility index (Phi) is 3.52. The number of aryl methyl sites for hydroxylation is 1. The third-order valence-electron chi connectivity index (χ3n) is 3.74. The lowest BCUT2D eigenvalue weighted by Gasteiger charge is -2.20. The number of amides is 1. The minimum absolute atomic E-state index is 0.0804. The van der Waals surface area contributed by atoms with Crippen LogP contribution in [0.5, 0.6) is 5.75 Å². The Morgan fingerprint density at radius 3 is 3.00 bits per heavy atom. The number of phenols is 1. The topological polar surface area (TPSA) is 61.4 Å². The molecule has 1 heterocycles. The quantitative estimate of drug-likeness (QED) is 0.741. The summed E-state index contributed by atoms with van der Waals surface area (Å²) in [6, 6.07) is 10.9. The van der Waals surface area contributed by atoms with E-state index >= 15 is 0 Å². The van der Waals surface area contributed by atoms with Gasteiger partial charge in [0.25, 0.3) is 5.91 Å². The first-order chi connectivity index (χ1) is 10.1. The summed E-state index contributed by atoms with van der Waals surface area (Å²) in [5.41, 5.74) is 4.18. The summed E-state index contributed by atoms with van der Waals surface area (Å²) in [5, 5.41) is 16.0. The van der Waals surface area contributed by atoms with Crippen molar-refractivity contribution in [2.45, 2.75) is 19.8 Å². The van der Waals surface area contributed by atoms with Crippen molar-refractivity contribution in [3.05, 3.63) is 53.1 Å². The molecule has 0 fully saturated rings. The number of fused-ring (bicyclic) bond motifs is 1. The van der Waals surface area contributed by atoms with Gasteiger partial charge in [-0.05, 0) is 55.2 Å². The number of rotatable bonds is 2.